The van der Waals surface area contributed by atoms with E-state index in [0.717, 1.165) is 5.56 Å². The van der Waals surface area contributed by atoms with E-state index in [-0.39, 0.29) is 23.1 Å². The summed E-state index contributed by atoms with van der Waals surface area (Å²) in [7, 11) is 0. The van der Waals surface area contributed by atoms with Gasteiger partial charge in [-0.3, -0.25) is 9.20 Å². The molecule has 17 heavy (non-hydrogen) atoms. The Balaban J connectivity index is 2.44. The van der Waals surface area contributed by atoms with Gasteiger partial charge in [0.05, 0.1) is 1.37 Å². The van der Waals surface area contributed by atoms with Crippen LogP contribution in [-0.2, 0) is 0 Å². The number of H-pyrrole nitrogens is 1. The van der Waals surface area contributed by atoms with Crippen LogP contribution < -0.4 is 5.56 Å². The molecule has 0 saturated heterocycles. The average Bonchev–Trinajstić information content (AvgIpc) is 2.87. The van der Waals surface area contributed by atoms with Crippen LogP contribution in [0.5, 0.6) is 0 Å². The number of hydrogen-bond acceptors (Lipinski definition) is 5. The van der Waals surface area contributed by atoms with Crippen molar-refractivity contribution in [3.63, 3.8) is 0 Å². The number of aryl methyl sites for hydroxylation is 1. The monoisotopic (exact) mass is 229 g/mol. The molecule has 0 amide bonds. The van der Waals surface area contributed by atoms with E-state index in [1.807, 2.05) is 6.92 Å². The fraction of sp³-hybridized carbons (Fsp3) is 0.100. The number of hydrogen-bond donors (Lipinski definition) is 1. The Hall–Kier alpha value is -2.57. The summed E-state index contributed by atoms with van der Waals surface area (Å²) in [6.07, 6.45) is 1.48. The molecule has 0 saturated carbocycles. The number of tetrazole rings is 1. The van der Waals surface area contributed by atoms with Gasteiger partial charge in [0.1, 0.15) is 11.2 Å². The van der Waals surface area contributed by atoms with Crippen molar-refractivity contribution in [3.05, 3.63) is 40.4 Å². The third kappa shape index (κ3) is 1.40. The summed E-state index contributed by atoms with van der Waals surface area (Å²) in [6.45, 7) is 1.83. The molecular weight excluding hydrogens is 220 g/mol. The third-order valence-electron chi connectivity index (χ3n) is 2.45. The summed E-state index contributed by atoms with van der Waals surface area (Å²) >= 11 is 0. The van der Waals surface area contributed by atoms with E-state index < -0.39 is 0 Å². The van der Waals surface area contributed by atoms with Gasteiger partial charge in [0.15, 0.2) is 5.82 Å². The van der Waals surface area contributed by atoms with Gasteiger partial charge in [-0.2, -0.15) is 0 Å². The van der Waals surface area contributed by atoms with Crippen molar-refractivity contribution in [1.29, 1.82) is 0 Å². The summed E-state index contributed by atoms with van der Waals surface area (Å²) in [5.41, 5.74) is 1.15. The van der Waals surface area contributed by atoms with Crippen LogP contribution in [0.4, 0.5) is 0 Å². The highest BCUT2D eigenvalue weighted by Gasteiger charge is 2.10. The molecule has 0 aliphatic heterocycles. The molecule has 3 aromatic heterocycles. The maximum absolute atomic E-state index is 12.3. The van der Waals surface area contributed by atoms with Crippen molar-refractivity contribution in [2.45, 2.75) is 6.92 Å². The lowest BCUT2D eigenvalue weighted by Crippen LogP contribution is -2.17. The molecule has 0 radical (unpaired) electrons. The molecule has 0 spiro atoms. The van der Waals surface area contributed by atoms with Crippen LogP contribution in [-0.4, -0.2) is 30.0 Å². The lowest BCUT2D eigenvalue weighted by Gasteiger charge is -2.03. The predicted molar refractivity (Wildman–Crippen MR) is 59.4 cm³/mol. The number of aromatic amines is 1. The first kappa shape index (κ1) is 8.57. The molecule has 3 rings (SSSR count). The molecule has 1 N–H and O–H groups in total. The van der Waals surface area contributed by atoms with Crippen molar-refractivity contribution < 1.29 is 1.37 Å². The topological polar surface area (TPSA) is 88.8 Å². The molecule has 3 heterocycles. The SMILES string of the molecule is [2H]c1ccc(C)c2ncc(-c3nnn[nH]3)c(=O)n12. The van der Waals surface area contributed by atoms with E-state index in [2.05, 4.69) is 25.6 Å². The minimum absolute atomic E-state index is 0.0717. The Morgan fingerprint density at radius 1 is 1.53 bits per heavy atom. The fourth-order valence-corrected chi connectivity index (χ4v) is 1.60. The summed E-state index contributed by atoms with van der Waals surface area (Å²) in [4.78, 5) is 16.5. The van der Waals surface area contributed by atoms with Crippen LogP contribution in [0.2, 0.25) is 0 Å². The number of aromatic nitrogens is 6. The number of pyridine rings is 1. The molecule has 0 unspecified atom stereocenters. The van der Waals surface area contributed by atoms with Gasteiger partial charge in [-0.25, -0.2) is 10.1 Å². The molecule has 3 aromatic rings. The average molecular weight is 229 g/mol. The van der Waals surface area contributed by atoms with Gasteiger partial charge in [-0.05, 0) is 29.0 Å². The molecule has 7 nitrogen and oxygen atoms in total. The highest BCUT2D eigenvalue weighted by atomic mass is 16.1. The second kappa shape index (κ2) is 3.48. The molecule has 0 bridgehead atoms. The second-order valence-corrected chi connectivity index (χ2v) is 3.53. The Bertz CT molecular complexity index is 779. The molecule has 0 aromatic carbocycles. The van der Waals surface area contributed by atoms with Gasteiger partial charge in [0, 0.05) is 12.4 Å². The van der Waals surface area contributed by atoms with Crippen LogP contribution in [0.25, 0.3) is 17.0 Å². The zero-order valence-corrected chi connectivity index (χ0v) is 8.88. The van der Waals surface area contributed by atoms with Gasteiger partial charge in [0.25, 0.3) is 5.56 Å². The largest absolute Gasteiger partial charge is 0.269 e. The van der Waals surface area contributed by atoms with Crippen molar-refractivity contribution in [2.75, 3.05) is 0 Å². The molecule has 0 atom stereocenters. The van der Waals surface area contributed by atoms with Gasteiger partial charge in [-0.15, -0.1) is 5.10 Å². The normalized spacial score (nSPS) is 11.7. The predicted octanol–water partition coefficient (Wildman–Crippen LogP) is 0.183. The van der Waals surface area contributed by atoms with E-state index in [9.17, 15) is 4.79 Å². The van der Waals surface area contributed by atoms with Crippen LogP contribution in [0, 0.1) is 6.92 Å². The van der Waals surface area contributed by atoms with Crippen molar-refractivity contribution in [3.8, 4) is 11.4 Å². The zero-order valence-electron chi connectivity index (χ0n) is 9.88. The molecular formula is C10H8N6O. The standard InChI is InChI=1S/C10H8N6O/c1-6-3-2-4-16-9(6)11-5-7(10(16)17)8-12-14-15-13-8/h2-5H,1H3,(H,12,13,14,15)/i4D. The van der Waals surface area contributed by atoms with E-state index in [0.29, 0.717) is 5.65 Å². The van der Waals surface area contributed by atoms with Crippen molar-refractivity contribution in [1.82, 2.24) is 30.0 Å². The highest BCUT2D eigenvalue weighted by molar-refractivity contribution is 5.55. The lowest BCUT2D eigenvalue weighted by molar-refractivity contribution is 0.881. The summed E-state index contributed by atoms with van der Waals surface area (Å²) < 4.78 is 9.01. The minimum atomic E-state index is -0.368. The first-order valence-electron chi connectivity index (χ1n) is 5.40. The fourth-order valence-electron chi connectivity index (χ4n) is 1.60. The Morgan fingerprint density at radius 2 is 2.41 bits per heavy atom. The van der Waals surface area contributed by atoms with Crippen molar-refractivity contribution >= 4 is 5.65 Å². The van der Waals surface area contributed by atoms with Gasteiger partial charge in [0.2, 0.25) is 0 Å². The maximum atomic E-state index is 12.3. The molecule has 0 aliphatic rings. The number of rotatable bonds is 1. The Kier molecular flexibility index (Phi) is 1.75. The Labute approximate surface area is 96.5 Å². The second-order valence-electron chi connectivity index (χ2n) is 3.53. The minimum Gasteiger partial charge on any atom is -0.268 e. The van der Waals surface area contributed by atoms with Gasteiger partial charge < -0.3 is 0 Å². The molecule has 0 aliphatic carbocycles. The van der Waals surface area contributed by atoms with E-state index >= 15 is 0 Å². The number of nitrogens with one attached hydrogen (secondary N) is 1. The molecule has 7 heteroatoms. The summed E-state index contributed by atoms with van der Waals surface area (Å²) in [6, 6.07) is 3.30. The quantitative estimate of drug-likeness (QED) is 0.643. The smallest absolute Gasteiger partial charge is 0.268 e. The van der Waals surface area contributed by atoms with Crippen molar-refractivity contribution in [2.24, 2.45) is 0 Å². The van der Waals surface area contributed by atoms with Crippen LogP contribution in [0.1, 0.15) is 6.93 Å². The number of fused-ring (bicyclic) bond motifs is 1. The van der Waals surface area contributed by atoms with E-state index in [4.69, 9.17) is 1.37 Å². The summed E-state index contributed by atoms with van der Waals surface area (Å²) in [5, 5.41) is 13.0. The first-order valence-corrected chi connectivity index (χ1v) is 4.90. The van der Waals surface area contributed by atoms with E-state index in [1.54, 1.807) is 12.1 Å². The maximum Gasteiger partial charge on any atom is 0.269 e. The van der Waals surface area contributed by atoms with Crippen LogP contribution >= 0.6 is 0 Å². The van der Waals surface area contributed by atoms with E-state index in [1.165, 1.54) is 10.6 Å². The molecule has 84 valence electrons. The first-order chi connectivity index (χ1) is 8.68. The van der Waals surface area contributed by atoms with Crippen LogP contribution in [0.15, 0.2) is 29.3 Å². The molecule has 0 fully saturated rings. The number of nitrogens with zero attached hydrogens (tertiary/aromatic N) is 5. The summed E-state index contributed by atoms with van der Waals surface area (Å²) in [5.74, 6) is 0.239. The lowest BCUT2D eigenvalue weighted by atomic mass is 10.2. The van der Waals surface area contributed by atoms with Gasteiger partial charge >= 0.3 is 0 Å². The third-order valence-corrected chi connectivity index (χ3v) is 2.45. The highest BCUT2D eigenvalue weighted by Crippen LogP contribution is 2.09. The van der Waals surface area contributed by atoms with Crippen LogP contribution in [0.3, 0.4) is 0 Å². The van der Waals surface area contributed by atoms with Gasteiger partial charge in [-0.1, -0.05) is 6.07 Å². The Morgan fingerprint density at radius 3 is 3.18 bits per heavy atom. The zero-order chi connectivity index (χ0) is 12.7.